The molecule has 0 aliphatic rings. The van der Waals surface area contributed by atoms with E-state index < -0.39 is 17.7 Å². The summed E-state index contributed by atoms with van der Waals surface area (Å²) in [7, 11) is 0. The van der Waals surface area contributed by atoms with Crippen LogP contribution in [0.3, 0.4) is 0 Å². The molecule has 1 aromatic heterocycles. The highest BCUT2D eigenvalue weighted by molar-refractivity contribution is 8.01. The van der Waals surface area contributed by atoms with Crippen LogP contribution in [0.2, 0.25) is 0 Å². The molecule has 0 saturated heterocycles. The lowest BCUT2D eigenvalue weighted by Gasteiger charge is -2.07. The third-order valence-electron chi connectivity index (χ3n) is 4.50. The van der Waals surface area contributed by atoms with Gasteiger partial charge >= 0.3 is 5.97 Å². The normalized spacial score (nSPS) is 10.7. The van der Waals surface area contributed by atoms with Crippen LogP contribution in [0.4, 0.5) is 15.8 Å². The van der Waals surface area contributed by atoms with Gasteiger partial charge in [0.2, 0.25) is 5.91 Å². The zero-order chi connectivity index (χ0) is 23.4. The molecule has 7 nitrogen and oxygen atoms in total. The maximum atomic E-state index is 13.7. The number of carboxylic acids is 1. The van der Waals surface area contributed by atoms with Crippen LogP contribution >= 0.6 is 23.1 Å². The number of thioether (sulfide) groups is 1. The number of amides is 2. The van der Waals surface area contributed by atoms with E-state index in [4.69, 9.17) is 0 Å². The van der Waals surface area contributed by atoms with Crippen molar-refractivity contribution in [3.63, 3.8) is 0 Å². The van der Waals surface area contributed by atoms with Crippen LogP contribution in [0.15, 0.2) is 71.1 Å². The van der Waals surface area contributed by atoms with Crippen LogP contribution in [-0.4, -0.2) is 33.6 Å². The fourth-order valence-corrected chi connectivity index (χ4v) is 4.89. The van der Waals surface area contributed by atoms with E-state index in [1.807, 2.05) is 0 Å². The number of thiazole rings is 1. The van der Waals surface area contributed by atoms with Gasteiger partial charge in [0.25, 0.3) is 5.91 Å². The van der Waals surface area contributed by atoms with Gasteiger partial charge in [0.1, 0.15) is 5.82 Å². The molecule has 0 bridgehead atoms. The summed E-state index contributed by atoms with van der Waals surface area (Å²) >= 11 is 2.57. The first-order valence-corrected chi connectivity index (χ1v) is 11.4. The van der Waals surface area contributed by atoms with Gasteiger partial charge in [-0.15, -0.1) is 11.3 Å². The number of halogens is 1. The Hall–Kier alpha value is -3.76. The number of anilines is 2. The summed E-state index contributed by atoms with van der Waals surface area (Å²) in [5.41, 5.74) is 1.29. The number of carbonyl (C=O) groups excluding carboxylic acids is 2. The van der Waals surface area contributed by atoms with Crippen molar-refractivity contribution in [1.29, 1.82) is 0 Å². The van der Waals surface area contributed by atoms with Crippen LogP contribution in [-0.2, 0) is 4.79 Å². The number of rotatable bonds is 7. The quantitative estimate of drug-likeness (QED) is 0.316. The lowest BCUT2D eigenvalue weighted by Crippen LogP contribution is -2.16. The number of nitrogens with zero attached hydrogens (tertiary/aromatic N) is 1. The van der Waals surface area contributed by atoms with Crippen LogP contribution in [0.5, 0.6) is 0 Å². The Morgan fingerprint density at radius 1 is 0.970 bits per heavy atom. The van der Waals surface area contributed by atoms with Gasteiger partial charge in [0.15, 0.2) is 4.34 Å². The number of aromatic nitrogens is 1. The van der Waals surface area contributed by atoms with Gasteiger partial charge in [0, 0.05) is 5.69 Å². The maximum Gasteiger partial charge on any atom is 0.336 e. The van der Waals surface area contributed by atoms with Crippen molar-refractivity contribution in [2.75, 3.05) is 16.4 Å². The number of carboxylic acid groups (broad SMARTS) is 1. The van der Waals surface area contributed by atoms with E-state index in [0.717, 1.165) is 4.70 Å². The van der Waals surface area contributed by atoms with Crippen LogP contribution in [0.25, 0.3) is 10.2 Å². The average Bonchev–Trinajstić information content (AvgIpc) is 3.21. The van der Waals surface area contributed by atoms with Gasteiger partial charge in [0.05, 0.1) is 32.8 Å². The number of aromatic carboxylic acids is 1. The highest BCUT2D eigenvalue weighted by atomic mass is 32.2. The number of para-hydroxylation sites is 1. The fourth-order valence-electron chi connectivity index (χ4n) is 2.99. The molecule has 33 heavy (non-hydrogen) atoms. The first kappa shape index (κ1) is 22.4. The molecule has 0 aliphatic carbocycles. The van der Waals surface area contributed by atoms with Gasteiger partial charge in [-0.2, -0.15) is 0 Å². The van der Waals surface area contributed by atoms with Crippen molar-refractivity contribution in [3.05, 3.63) is 83.7 Å². The van der Waals surface area contributed by atoms with Crippen molar-refractivity contribution < 1.29 is 23.9 Å². The largest absolute Gasteiger partial charge is 0.478 e. The van der Waals surface area contributed by atoms with Gasteiger partial charge in [-0.3, -0.25) is 9.59 Å². The van der Waals surface area contributed by atoms with Crippen molar-refractivity contribution >= 4 is 62.5 Å². The topological polar surface area (TPSA) is 108 Å². The molecular weight excluding hydrogens is 465 g/mol. The smallest absolute Gasteiger partial charge is 0.336 e. The summed E-state index contributed by atoms with van der Waals surface area (Å²) in [6.07, 6.45) is 0. The van der Waals surface area contributed by atoms with Gasteiger partial charge in [-0.1, -0.05) is 36.0 Å². The van der Waals surface area contributed by atoms with Crippen LogP contribution in [0.1, 0.15) is 20.7 Å². The molecule has 166 valence electrons. The molecule has 0 fully saturated rings. The highest BCUT2D eigenvalue weighted by Crippen LogP contribution is 2.31. The molecule has 0 saturated carbocycles. The van der Waals surface area contributed by atoms with E-state index in [0.29, 0.717) is 15.5 Å². The summed E-state index contributed by atoms with van der Waals surface area (Å²) in [5, 5.41) is 14.5. The molecule has 3 aromatic carbocycles. The predicted molar refractivity (Wildman–Crippen MR) is 127 cm³/mol. The minimum Gasteiger partial charge on any atom is -0.478 e. The van der Waals surface area contributed by atoms with Gasteiger partial charge in [-0.05, 0) is 42.5 Å². The fraction of sp³-hybridized carbons (Fsp3) is 0.0435. The SMILES string of the molecule is O=C(CSc1nc2ccc(NC(=O)c3ccccc3C(=O)O)cc2s1)Nc1ccccc1F. The third-order valence-corrected chi connectivity index (χ3v) is 6.66. The minimum absolute atomic E-state index is 0.0592. The van der Waals surface area contributed by atoms with Crippen molar-refractivity contribution in [2.45, 2.75) is 4.34 Å². The Morgan fingerprint density at radius 2 is 1.70 bits per heavy atom. The molecular formula is C23H16FN3O4S2. The Kier molecular flexibility index (Phi) is 6.66. The second-order valence-corrected chi connectivity index (χ2v) is 9.04. The zero-order valence-electron chi connectivity index (χ0n) is 16.9. The standard InChI is InChI=1S/C23H16FN3O4S2/c24-16-7-3-4-8-17(16)26-20(28)12-32-23-27-18-10-9-13(11-19(18)33-23)25-21(29)14-5-1-2-6-15(14)22(30)31/h1-11H,12H2,(H,25,29)(H,26,28)(H,30,31). The first-order chi connectivity index (χ1) is 15.9. The van der Waals surface area contributed by atoms with E-state index in [-0.39, 0.29) is 28.5 Å². The molecule has 0 atom stereocenters. The Labute approximate surface area is 195 Å². The molecule has 3 N–H and O–H groups in total. The molecule has 4 rings (SSSR count). The Bertz CT molecular complexity index is 1370. The van der Waals surface area contributed by atoms with E-state index in [2.05, 4.69) is 15.6 Å². The first-order valence-electron chi connectivity index (χ1n) is 9.62. The second-order valence-electron chi connectivity index (χ2n) is 6.78. The maximum absolute atomic E-state index is 13.7. The van der Waals surface area contributed by atoms with Gasteiger partial charge in [-0.25, -0.2) is 14.2 Å². The van der Waals surface area contributed by atoms with Gasteiger partial charge < -0.3 is 15.7 Å². The van der Waals surface area contributed by atoms with Crippen LogP contribution < -0.4 is 10.6 Å². The third kappa shape index (κ3) is 5.36. The number of fused-ring (bicyclic) bond motifs is 1. The zero-order valence-corrected chi connectivity index (χ0v) is 18.5. The molecule has 0 spiro atoms. The van der Waals surface area contributed by atoms with Crippen molar-refractivity contribution in [1.82, 2.24) is 4.98 Å². The van der Waals surface area contributed by atoms with E-state index >= 15 is 0 Å². The lowest BCUT2D eigenvalue weighted by atomic mass is 10.1. The summed E-state index contributed by atoms with van der Waals surface area (Å²) in [4.78, 5) is 40.5. The summed E-state index contributed by atoms with van der Waals surface area (Å²) in [6, 6.07) is 17.0. The molecule has 4 aromatic rings. The predicted octanol–water partition coefficient (Wildman–Crippen LogP) is 5.12. The number of nitrogens with one attached hydrogen (secondary N) is 2. The van der Waals surface area contributed by atoms with E-state index in [1.165, 1.54) is 47.4 Å². The molecule has 10 heteroatoms. The Morgan fingerprint density at radius 3 is 2.45 bits per heavy atom. The lowest BCUT2D eigenvalue weighted by molar-refractivity contribution is -0.113. The number of benzene rings is 3. The molecule has 0 aliphatic heterocycles. The molecule has 0 unspecified atom stereocenters. The highest BCUT2D eigenvalue weighted by Gasteiger charge is 2.16. The second kappa shape index (κ2) is 9.80. The molecule has 2 amide bonds. The molecule has 1 heterocycles. The van der Waals surface area contributed by atoms with Crippen molar-refractivity contribution in [2.24, 2.45) is 0 Å². The van der Waals surface area contributed by atoms with Crippen molar-refractivity contribution in [3.8, 4) is 0 Å². The summed E-state index contributed by atoms with van der Waals surface area (Å²) in [5.74, 6) is -2.51. The summed E-state index contributed by atoms with van der Waals surface area (Å²) in [6.45, 7) is 0. The van der Waals surface area contributed by atoms with E-state index in [1.54, 1.807) is 42.5 Å². The van der Waals surface area contributed by atoms with Crippen LogP contribution in [0, 0.1) is 5.82 Å². The number of hydrogen-bond acceptors (Lipinski definition) is 6. The van der Waals surface area contributed by atoms with E-state index in [9.17, 15) is 23.9 Å². The average molecular weight is 482 g/mol. The molecule has 0 radical (unpaired) electrons. The Balaban J connectivity index is 1.42. The number of carbonyl (C=O) groups is 3. The number of hydrogen-bond donors (Lipinski definition) is 3. The summed E-state index contributed by atoms with van der Waals surface area (Å²) < 4.78 is 15.1. The monoisotopic (exact) mass is 481 g/mol. The minimum atomic E-state index is -1.18.